The van der Waals surface area contributed by atoms with Gasteiger partial charge >= 0.3 is 0 Å². The molecule has 0 unspecified atom stereocenters. The number of rotatable bonds is 4. The van der Waals surface area contributed by atoms with Crippen LogP contribution >= 0.6 is 0 Å². The van der Waals surface area contributed by atoms with Crippen molar-refractivity contribution in [1.29, 1.82) is 0 Å². The van der Waals surface area contributed by atoms with E-state index in [1.165, 1.54) is 0 Å². The monoisotopic (exact) mass is 204 g/mol. The Kier molecular flexibility index (Phi) is 3.78. The van der Waals surface area contributed by atoms with Gasteiger partial charge in [-0.3, -0.25) is 9.59 Å². The van der Waals surface area contributed by atoms with Crippen molar-refractivity contribution in [3.63, 3.8) is 0 Å². The van der Waals surface area contributed by atoms with Crippen LogP contribution in [0.4, 0.5) is 0 Å². The molecule has 2 nitrogen and oxygen atoms in total. The lowest BCUT2D eigenvalue weighted by molar-refractivity contribution is -0.115. The minimum Gasteiger partial charge on any atom is -0.290 e. The van der Waals surface area contributed by atoms with Crippen LogP contribution in [-0.2, 0) is 4.79 Å². The third-order valence-electron chi connectivity index (χ3n) is 2.13. The van der Waals surface area contributed by atoms with Crippen molar-refractivity contribution in [3.8, 4) is 0 Å². The van der Waals surface area contributed by atoms with Crippen molar-refractivity contribution in [2.24, 2.45) is 5.92 Å². The molecule has 15 heavy (non-hydrogen) atoms. The Labute approximate surface area is 90.3 Å². The van der Waals surface area contributed by atoms with Crippen LogP contribution in [0.25, 0.3) is 0 Å². The Morgan fingerprint density at radius 1 is 1.27 bits per heavy atom. The van der Waals surface area contributed by atoms with Crippen LogP contribution in [-0.4, -0.2) is 11.6 Å². The highest BCUT2D eigenvalue weighted by atomic mass is 16.2. The Morgan fingerprint density at radius 3 is 2.47 bits per heavy atom. The third-order valence-corrected chi connectivity index (χ3v) is 2.13. The number of carbonyl (C=O) groups is 2. The summed E-state index contributed by atoms with van der Waals surface area (Å²) in [5.41, 5.74) is 1.50. The van der Waals surface area contributed by atoms with Gasteiger partial charge in [0, 0.05) is 12.0 Å². The molecule has 0 aliphatic heterocycles. The van der Waals surface area contributed by atoms with Gasteiger partial charge in [-0.25, -0.2) is 0 Å². The van der Waals surface area contributed by atoms with E-state index in [-0.39, 0.29) is 17.5 Å². The molecule has 2 heteroatoms. The molecule has 0 atom stereocenters. The van der Waals surface area contributed by atoms with E-state index in [9.17, 15) is 9.59 Å². The fourth-order valence-electron chi connectivity index (χ4n) is 1.41. The van der Waals surface area contributed by atoms with E-state index >= 15 is 0 Å². The standard InChI is InChI=1S/C13H16O2/c1-9(2)7-12(14)13(15)11-6-4-5-10(3)8-11/h4-6,8-9H,7H2,1-3H3. The predicted octanol–water partition coefficient (Wildman–Crippen LogP) is 2.79. The molecular formula is C13H16O2. The first kappa shape index (κ1) is 11.6. The van der Waals surface area contributed by atoms with Gasteiger partial charge < -0.3 is 0 Å². The molecular weight excluding hydrogens is 188 g/mol. The number of ketones is 2. The maximum atomic E-state index is 11.7. The van der Waals surface area contributed by atoms with Crippen LogP contribution in [0, 0.1) is 12.8 Å². The molecule has 0 radical (unpaired) electrons. The summed E-state index contributed by atoms with van der Waals surface area (Å²) in [6.45, 7) is 5.77. The summed E-state index contributed by atoms with van der Waals surface area (Å²) in [4.78, 5) is 23.2. The van der Waals surface area contributed by atoms with Gasteiger partial charge in [-0.05, 0) is 18.9 Å². The van der Waals surface area contributed by atoms with E-state index in [2.05, 4.69) is 0 Å². The number of Topliss-reactive ketones (excluding diaryl/α,β-unsaturated/α-hetero) is 2. The quantitative estimate of drug-likeness (QED) is 0.558. The Bertz CT molecular complexity index is 378. The first-order valence-corrected chi connectivity index (χ1v) is 5.15. The van der Waals surface area contributed by atoms with Gasteiger partial charge in [0.1, 0.15) is 0 Å². The summed E-state index contributed by atoms with van der Waals surface area (Å²) in [6, 6.07) is 7.14. The minimum atomic E-state index is -0.368. The number of hydrogen-bond acceptors (Lipinski definition) is 2. The Hall–Kier alpha value is -1.44. The fourth-order valence-corrected chi connectivity index (χ4v) is 1.41. The van der Waals surface area contributed by atoms with Gasteiger partial charge in [0.2, 0.25) is 11.6 Å². The summed E-state index contributed by atoms with van der Waals surface area (Å²) < 4.78 is 0. The van der Waals surface area contributed by atoms with E-state index in [4.69, 9.17) is 0 Å². The second-order valence-electron chi connectivity index (χ2n) is 4.22. The molecule has 1 rings (SSSR count). The predicted molar refractivity (Wildman–Crippen MR) is 60.0 cm³/mol. The van der Waals surface area contributed by atoms with Gasteiger partial charge in [-0.15, -0.1) is 0 Å². The second kappa shape index (κ2) is 4.87. The van der Waals surface area contributed by atoms with Crippen molar-refractivity contribution < 1.29 is 9.59 Å². The first-order chi connectivity index (χ1) is 7.00. The van der Waals surface area contributed by atoms with Crippen LogP contribution in [0.1, 0.15) is 36.2 Å². The zero-order valence-electron chi connectivity index (χ0n) is 9.41. The first-order valence-electron chi connectivity index (χ1n) is 5.15. The van der Waals surface area contributed by atoms with Crippen molar-refractivity contribution in [3.05, 3.63) is 35.4 Å². The van der Waals surface area contributed by atoms with Crippen molar-refractivity contribution >= 4 is 11.6 Å². The molecule has 80 valence electrons. The summed E-state index contributed by atoms with van der Waals surface area (Å²) >= 11 is 0. The summed E-state index contributed by atoms with van der Waals surface area (Å²) in [7, 11) is 0. The minimum absolute atomic E-state index is 0.228. The lowest BCUT2D eigenvalue weighted by Gasteiger charge is -2.03. The molecule has 0 heterocycles. The zero-order valence-corrected chi connectivity index (χ0v) is 9.41. The van der Waals surface area contributed by atoms with Gasteiger partial charge in [0.25, 0.3) is 0 Å². The Balaban J connectivity index is 2.81. The smallest absolute Gasteiger partial charge is 0.228 e. The van der Waals surface area contributed by atoms with E-state index in [0.717, 1.165) is 5.56 Å². The van der Waals surface area contributed by atoms with Crippen LogP contribution in [0.2, 0.25) is 0 Å². The van der Waals surface area contributed by atoms with E-state index in [1.807, 2.05) is 26.8 Å². The molecule has 0 spiro atoms. The summed E-state index contributed by atoms with van der Waals surface area (Å²) in [5, 5.41) is 0. The van der Waals surface area contributed by atoms with Gasteiger partial charge in [0.15, 0.2) is 0 Å². The maximum Gasteiger partial charge on any atom is 0.228 e. The number of carbonyl (C=O) groups excluding carboxylic acids is 2. The van der Waals surface area contributed by atoms with Crippen LogP contribution < -0.4 is 0 Å². The van der Waals surface area contributed by atoms with Gasteiger partial charge in [-0.2, -0.15) is 0 Å². The number of benzene rings is 1. The average Bonchev–Trinajstić information content (AvgIpc) is 2.15. The molecule has 1 aromatic rings. The molecule has 0 N–H and O–H groups in total. The molecule has 0 aliphatic rings. The molecule has 0 fully saturated rings. The van der Waals surface area contributed by atoms with Gasteiger partial charge in [-0.1, -0.05) is 37.6 Å². The molecule has 1 aromatic carbocycles. The fraction of sp³-hybridized carbons (Fsp3) is 0.385. The van der Waals surface area contributed by atoms with E-state index in [1.54, 1.807) is 18.2 Å². The molecule has 0 bridgehead atoms. The SMILES string of the molecule is Cc1cccc(C(=O)C(=O)CC(C)C)c1. The lowest BCUT2D eigenvalue weighted by atomic mass is 9.99. The van der Waals surface area contributed by atoms with E-state index in [0.29, 0.717) is 12.0 Å². The molecule has 0 saturated heterocycles. The summed E-state index contributed by atoms with van der Waals surface area (Å²) in [5.74, 6) is -0.436. The van der Waals surface area contributed by atoms with Crippen molar-refractivity contribution in [2.75, 3.05) is 0 Å². The normalized spacial score (nSPS) is 10.4. The molecule has 0 amide bonds. The van der Waals surface area contributed by atoms with Crippen LogP contribution in [0.5, 0.6) is 0 Å². The van der Waals surface area contributed by atoms with Crippen molar-refractivity contribution in [2.45, 2.75) is 27.2 Å². The lowest BCUT2D eigenvalue weighted by Crippen LogP contribution is -2.16. The molecule has 0 saturated carbocycles. The van der Waals surface area contributed by atoms with Crippen molar-refractivity contribution in [1.82, 2.24) is 0 Å². The highest BCUT2D eigenvalue weighted by Gasteiger charge is 2.16. The largest absolute Gasteiger partial charge is 0.290 e. The van der Waals surface area contributed by atoms with Crippen LogP contribution in [0.3, 0.4) is 0 Å². The number of hydrogen-bond donors (Lipinski definition) is 0. The van der Waals surface area contributed by atoms with E-state index < -0.39 is 0 Å². The molecule has 0 aliphatic carbocycles. The third kappa shape index (κ3) is 3.31. The second-order valence-corrected chi connectivity index (χ2v) is 4.22. The number of aryl methyl sites for hydroxylation is 1. The van der Waals surface area contributed by atoms with Gasteiger partial charge in [0.05, 0.1) is 0 Å². The average molecular weight is 204 g/mol. The zero-order chi connectivity index (χ0) is 11.4. The highest BCUT2D eigenvalue weighted by Crippen LogP contribution is 2.09. The summed E-state index contributed by atoms with van der Waals surface area (Å²) in [6.07, 6.45) is 0.326. The highest BCUT2D eigenvalue weighted by molar-refractivity contribution is 6.43. The van der Waals surface area contributed by atoms with Crippen LogP contribution in [0.15, 0.2) is 24.3 Å². The topological polar surface area (TPSA) is 34.1 Å². The molecule has 0 aromatic heterocycles. The maximum absolute atomic E-state index is 11.7. The Morgan fingerprint density at radius 2 is 1.93 bits per heavy atom.